The summed E-state index contributed by atoms with van der Waals surface area (Å²) in [7, 11) is 0. The average molecular weight is 259 g/mol. The van der Waals surface area contributed by atoms with Gasteiger partial charge in [-0.1, -0.05) is 12.1 Å². The lowest BCUT2D eigenvalue weighted by molar-refractivity contribution is 0.477. The predicted octanol–water partition coefficient (Wildman–Crippen LogP) is 2.86. The van der Waals surface area contributed by atoms with E-state index in [0.29, 0.717) is 0 Å². The van der Waals surface area contributed by atoms with E-state index in [9.17, 15) is 0 Å². The lowest BCUT2D eigenvalue weighted by Crippen LogP contribution is -2.38. The van der Waals surface area contributed by atoms with Crippen molar-refractivity contribution < 1.29 is 0 Å². The molecule has 0 atom stereocenters. The van der Waals surface area contributed by atoms with Crippen molar-refractivity contribution in [3.05, 3.63) is 29.3 Å². The molecule has 1 aliphatic rings. The van der Waals surface area contributed by atoms with Crippen molar-refractivity contribution in [3.8, 4) is 0 Å². The summed E-state index contributed by atoms with van der Waals surface area (Å²) >= 11 is 0. The summed E-state index contributed by atoms with van der Waals surface area (Å²) in [5, 5.41) is 0. The maximum atomic E-state index is 4.65. The molecule has 0 bridgehead atoms. The van der Waals surface area contributed by atoms with Gasteiger partial charge in [0.05, 0.1) is 13.1 Å². The Morgan fingerprint density at radius 3 is 2.74 bits per heavy atom. The van der Waals surface area contributed by atoms with Crippen LogP contribution >= 0.6 is 0 Å². The van der Waals surface area contributed by atoms with Crippen LogP contribution in [0.1, 0.15) is 25.0 Å². The third-order valence-corrected chi connectivity index (χ3v) is 4.04. The second-order valence-electron chi connectivity index (χ2n) is 5.11. The van der Waals surface area contributed by atoms with E-state index in [1.165, 1.54) is 22.6 Å². The topological polar surface area (TPSA) is 18.8 Å². The van der Waals surface area contributed by atoms with Crippen molar-refractivity contribution in [1.82, 2.24) is 4.90 Å². The third kappa shape index (κ3) is 2.91. The second-order valence-corrected chi connectivity index (χ2v) is 5.11. The maximum absolute atomic E-state index is 4.65. The molecular weight excluding hydrogens is 234 g/mol. The number of rotatable bonds is 5. The van der Waals surface area contributed by atoms with E-state index in [1.807, 2.05) is 0 Å². The van der Waals surface area contributed by atoms with Gasteiger partial charge in [0.2, 0.25) is 0 Å². The summed E-state index contributed by atoms with van der Waals surface area (Å²) in [6.07, 6.45) is 0. The molecular formula is C16H25N3. The highest BCUT2D eigenvalue weighted by Gasteiger charge is 2.18. The van der Waals surface area contributed by atoms with Gasteiger partial charge in [-0.2, -0.15) is 0 Å². The van der Waals surface area contributed by atoms with E-state index in [2.05, 4.69) is 60.7 Å². The molecule has 1 aromatic rings. The molecule has 0 radical (unpaired) electrons. The van der Waals surface area contributed by atoms with Gasteiger partial charge in [0.1, 0.15) is 5.84 Å². The van der Waals surface area contributed by atoms with E-state index < -0.39 is 0 Å². The first-order chi connectivity index (χ1) is 9.17. The van der Waals surface area contributed by atoms with Crippen molar-refractivity contribution >= 4 is 11.5 Å². The standard InChI is InChI=1S/C16H25N3/c1-5-18-11-10-17-16(18)12-19(6-2)15-9-7-8-13(3)14(15)4/h7-9H,5-6,10-12H2,1-4H3. The number of aliphatic imine (C=N–C) groups is 1. The molecule has 0 aliphatic carbocycles. The van der Waals surface area contributed by atoms with Crippen LogP contribution < -0.4 is 4.90 Å². The highest BCUT2D eigenvalue weighted by atomic mass is 15.3. The van der Waals surface area contributed by atoms with Crippen molar-refractivity contribution in [2.24, 2.45) is 4.99 Å². The Balaban J connectivity index is 2.19. The molecule has 0 aromatic heterocycles. The van der Waals surface area contributed by atoms with Crippen LogP contribution in [-0.2, 0) is 0 Å². The van der Waals surface area contributed by atoms with Crippen LogP contribution in [0.3, 0.4) is 0 Å². The van der Waals surface area contributed by atoms with Gasteiger partial charge in [-0.3, -0.25) is 4.99 Å². The number of anilines is 1. The Labute approximate surface area is 116 Å². The van der Waals surface area contributed by atoms with Gasteiger partial charge >= 0.3 is 0 Å². The molecule has 3 nitrogen and oxygen atoms in total. The zero-order valence-electron chi connectivity index (χ0n) is 12.6. The second kappa shape index (κ2) is 6.09. The van der Waals surface area contributed by atoms with Crippen LogP contribution in [0.5, 0.6) is 0 Å². The number of hydrogen-bond acceptors (Lipinski definition) is 3. The Bertz CT molecular complexity index is 465. The Morgan fingerprint density at radius 1 is 1.26 bits per heavy atom. The minimum Gasteiger partial charge on any atom is -0.364 e. The Hall–Kier alpha value is -1.51. The van der Waals surface area contributed by atoms with E-state index in [0.717, 1.165) is 32.7 Å². The normalized spacial score (nSPS) is 14.7. The van der Waals surface area contributed by atoms with Gasteiger partial charge in [-0.25, -0.2) is 0 Å². The van der Waals surface area contributed by atoms with Crippen LogP contribution in [0.25, 0.3) is 0 Å². The van der Waals surface area contributed by atoms with Crippen molar-refractivity contribution in [2.45, 2.75) is 27.7 Å². The number of likely N-dealkylation sites (N-methyl/N-ethyl adjacent to an activating group) is 2. The van der Waals surface area contributed by atoms with Crippen molar-refractivity contribution in [2.75, 3.05) is 37.6 Å². The van der Waals surface area contributed by atoms with Crippen LogP contribution in [0, 0.1) is 13.8 Å². The maximum Gasteiger partial charge on any atom is 0.119 e. The van der Waals surface area contributed by atoms with Crippen molar-refractivity contribution in [1.29, 1.82) is 0 Å². The zero-order chi connectivity index (χ0) is 13.8. The Kier molecular flexibility index (Phi) is 4.46. The summed E-state index contributed by atoms with van der Waals surface area (Å²) in [6.45, 7) is 13.8. The molecule has 1 aromatic carbocycles. The highest BCUT2D eigenvalue weighted by molar-refractivity contribution is 5.88. The fraction of sp³-hybridized carbons (Fsp3) is 0.562. The van der Waals surface area contributed by atoms with Crippen LogP contribution in [0.15, 0.2) is 23.2 Å². The van der Waals surface area contributed by atoms with Crippen molar-refractivity contribution in [3.63, 3.8) is 0 Å². The third-order valence-electron chi connectivity index (χ3n) is 4.04. The molecule has 2 rings (SSSR count). The van der Waals surface area contributed by atoms with Gasteiger partial charge in [0, 0.05) is 25.3 Å². The van der Waals surface area contributed by atoms with E-state index in [-0.39, 0.29) is 0 Å². The monoisotopic (exact) mass is 259 g/mol. The lowest BCUT2D eigenvalue weighted by atomic mass is 10.1. The number of aryl methyl sites for hydroxylation is 1. The number of benzene rings is 1. The SMILES string of the molecule is CCN1CCN=C1CN(CC)c1cccc(C)c1C. The average Bonchev–Trinajstić information content (AvgIpc) is 2.87. The van der Waals surface area contributed by atoms with Gasteiger partial charge < -0.3 is 9.80 Å². The molecule has 0 spiro atoms. The quantitative estimate of drug-likeness (QED) is 0.809. The molecule has 0 amide bonds. The number of amidine groups is 1. The van der Waals surface area contributed by atoms with Crippen LogP contribution in [-0.4, -0.2) is 43.5 Å². The molecule has 0 fully saturated rings. The molecule has 3 heteroatoms. The molecule has 0 N–H and O–H groups in total. The zero-order valence-corrected chi connectivity index (χ0v) is 12.6. The highest BCUT2D eigenvalue weighted by Crippen LogP contribution is 2.23. The predicted molar refractivity (Wildman–Crippen MR) is 83.4 cm³/mol. The summed E-state index contributed by atoms with van der Waals surface area (Å²) in [4.78, 5) is 9.46. The first-order valence-corrected chi connectivity index (χ1v) is 7.26. The minimum absolute atomic E-state index is 0.925. The molecule has 1 aliphatic heterocycles. The van der Waals surface area contributed by atoms with Gasteiger partial charge in [0.15, 0.2) is 0 Å². The summed E-state index contributed by atoms with van der Waals surface area (Å²) in [5.41, 5.74) is 4.08. The summed E-state index contributed by atoms with van der Waals surface area (Å²) in [5.74, 6) is 1.24. The first-order valence-electron chi connectivity index (χ1n) is 7.26. The number of nitrogens with zero attached hydrogens (tertiary/aromatic N) is 3. The molecule has 19 heavy (non-hydrogen) atoms. The fourth-order valence-electron chi connectivity index (χ4n) is 2.64. The molecule has 0 saturated heterocycles. The summed E-state index contributed by atoms with van der Waals surface area (Å²) in [6, 6.07) is 6.55. The van der Waals surface area contributed by atoms with E-state index in [4.69, 9.17) is 0 Å². The van der Waals surface area contributed by atoms with Gasteiger partial charge in [0.25, 0.3) is 0 Å². The van der Waals surface area contributed by atoms with E-state index in [1.54, 1.807) is 0 Å². The molecule has 0 saturated carbocycles. The van der Waals surface area contributed by atoms with E-state index >= 15 is 0 Å². The molecule has 0 unspecified atom stereocenters. The first kappa shape index (κ1) is 13.9. The smallest absolute Gasteiger partial charge is 0.119 e. The minimum atomic E-state index is 0.925. The fourth-order valence-corrected chi connectivity index (χ4v) is 2.64. The van der Waals surface area contributed by atoms with Crippen LogP contribution in [0.2, 0.25) is 0 Å². The lowest BCUT2D eigenvalue weighted by Gasteiger charge is -2.28. The largest absolute Gasteiger partial charge is 0.364 e. The van der Waals surface area contributed by atoms with Gasteiger partial charge in [-0.15, -0.1) is 0 Å². The number of hydrogen-bond donors (Lipinski definition) is 0. The Morgan fingerprint density at radius 2 is 2.05 bits per heavy atom. The van der Waals surface area contributed by atoms with Crippen LogP contribution in [0.4, 0.5) is 5.69 Å². The molecule has 104 valence electrons. The van der Waals surface area contributed by atoms with Gasteiger partial charge in [-0.05, 0) is 44.9 Å². The summed E-state index contributed by atoms with van der Waals surface area (Å²) < 4.78 is 0. The molecule has 1 heterocycles.